The molecule has 1 heterocycles. The number of hydrogen-bond donors (Lipinski definition) is 1. The minimum atomic E-state index is -0.192. The number of thiazole rings is 1. The van der Waals surface area contributed by atoms with E-state index in [-0.39, 0.29) is 5.91 Å². The van der Waals surface area contributed by atoms with E-state index in [0.717, 1.165) is 14.7 Å². The number of carbonyl (C=O) groups excluding carboxylic acids is 1. The Kier molecular flexibility index (Phi) is 3.74. The van der Waals surface area contributed by atoms with Gasteiger partial charge in [-0.3, -0.25) is 10.1 Å². The Bertz CT molecular complexity index is 803. The van der Waals surface area contributed by atoms with Crippen LogP contribution in [-0.4, -0.2) is 10.9 Å². The first-order valence-corrected chi connectivity index (χ1v) is 7.74. The van der Waals surface area contributed by atoms with Crippen molar-refractivity contribution in [2.24, 2.45) is 0 Å². The molecule has 3 aromatic rings. The third-order valence-electron chi connectivity index (χ3n) is 2.69. The maximum absolute atomic E-state index is 12.2. The summed E-state index contributed by atoms with van der Waals surface area (Å²) in [6, 6.07) is 12.7. The number of anilines is 1. The van der Waals surface area contributed by atoms with E-state index < -0.39 is 0 Å². The maximum atomic E-state index is 12.2. The molecule has 6 heteroatoms. The summed E-state index contributed by atoms with van der Waals surface area (Å²) < 4.78 is 1.70. The van der Waals surface area contributed by atoms with Gasteiger partial charge in [0.2, 0.25) is 0 Å². The number of amides is 1. The molecule has 1 amide bonds. The van der Waals surface area contributed by atoms with Gasteiger partial charge in [-0.2, -0.15) is 0 Å². The summed E-state index contributed by atoms with van der Waals surface area (Å²) in [6.07, 6.45) is 0. The monoisotopic (exact) mass is 366 g/mol. The second-order valence-corrected chi connectivity index (χ2v) is 6.39. The van der Waals surface area contributed by atoms with Gasteiger partial charge < -0.3 is 0 Å². The summed E-state index contributed by atoms with van der Waals surface area (Å²) in [5.74, 6) is -0.192. The lowest BCUT2D eigenvalue weighted by Crippen LogP contribution is -2.12. The van der Waals surface area contributed by atoms with Gasteiger partial charge in [0.05, 0.1) is 15.8 Å². The Hall–Kier alpha value is -1.43. The van der Waals surface area contributed by atoms with Crippen LogP contribution in [0.15, 0.2) is 46.9 Å². The molecule has 1 aromatic heterocycles. The van der Waals surface area contributed by atoms with Crippen LogP contribution in [0.3, 0.4) is 0 Å². The summed E-state index contributed by atoms with van der Waals surface area (Å²) >= 11 is 10.7. The van der Waals surface area contributed by atoms with Gasteiger partial charge in [-0.25, -0.2) is 4.98 Å². The standard InChI is InChI=1S/C14H8BrClN2OS/c15-10-4-2-1-3-9(10)13(19)18-14-17-11-6-5-8(16)7-12(11)20-14/h1-7H,(H,17,18,19). The minimum Gasteiger partial charge on any atom is -0.298 e. The van der Waals surface area contributed by atoms with Crippen LogP contribution in [0.2, 0.25) is 5.02 Å². The number of fused-ring (bicyclic) bond motifs is 1. The van der Waals surface area contributed by atoms with Crippen molar-refractivity contribution < 1.29 is 4.79 Å². The van der Waals surface area contributed by atoms with Crippen LogP contribution in [0.4, 0.5) is 5.13 Å². The summed E-state index contributed by atoms with van der Waals surface area (Å²) in [5.41, 5.74) is 1.40. The summed E-state index contributed by atoms with van der Waals surface area (Å²) in [5, 5.41) is 4.02. The topological polar surface area (TPSA) is 42.0 Å². The highest BCUT2D eigenvalue weighted by Crippen LogP contribution is 2.29. The Morgan fingerprint density at radius 3 is 2.85 bits per heavy atom. The Labute approximate surface area is 132 Å². The lowest BCUT2D eigenvalue weighted by Gasteiger charge is -2.03. The number of rotatable bonds is 2. The molecule has 1 N–H and O–H groups in total. The second-order valence-electron chi connectivity index (χ2n) is 4.07. The molecule has 0 unspecified atom stereocenters. The Morgan fingerprint density at radius 1 is 1.25 bits per heavy atom. The van der Waals surface area contributed by atoms with Crippen LogP contribution in [0.25, 0.3) is 10.2 Å². The van der Waals surface area contributed by atoms with E-state index in [1.807, 2.05) is 30.3 Å². The van der Waals surface area contributed by atoms with Crippen molar-refractivity contribution in [3.8, 4) is 0 Å². The molecule has 3 nitrogen and oxygen atoms in total. The van der Waals surface area contributed by atoms with Gasteiger partial charge in [-0.05, 0) is 46.3 Å². The first-order chi connectivity index (χ1) is 9.63. The van der Waals surface area contributed by atoms with Crippen LogP contribution in [0.1, 0.15) is 10.4 Å². The van der Waals surface area contributed by atoms with E-state index in [0.29, 0.717) is 15.7 Å². The molecule has 20 heavy (non-hydrogen) atoms. The molecular formula is C14H8BrClN2OS. The number of benzene rings is 2. The molecule has 0 atom stereocenters. The lowest BCUT2D eigenvalue weighted by molar-refractivity contribution is 0.102. The molecule has 2 aromatic carbocycles. The number of carbonyl (C=O) groups is 1. The zero-order valence-corrected chi connectivity index (χ0v) is 13.2. The lowest BCUT2D eigenvalue weighted by atomic mass is 10.2. The maximum Gasteiger partial charge on any atom is 0.258 e. The molecule has 0 aliphatic carbocycles. The van der Waals surface area contributed by atoms with Crippen molar-refractivity contribution >= 4 is 60.1 Å². The van der Waals surface area contributed by atoms with Gasteiger partial charge >= 0.3 is 0 Å². The zero-order chi connectivity index (χ0) is 14.1. The molecule has 0 fully saturated rings. The van der Waals surface area contributed by atoms with Gasteiger partial charge in [-0.1, -0.05) is 35.1 Å². The third kappa shape index (κ3) is 2.70. The minimum absolute atomic E-state index is 0.192. The number of halogens is 2. The fourth-order valence-electron chi connectivity index (χ4n) is 1.76. The van der Waals surface area contributed by atoms with Crippen molar-refractivity contribution in [1.82, 2.24) is 4.98 Å². The zero-order valence-electron chi connectivity index (χ0n) is 10.1. The van der Waals surface area contributed by atoms with Crippen molar-refractivity contribution in [2.75, 3.05) is 5.32 Å². The summed E-state index contributed by atoms with van der Waals surface area (Å²) in [7, 11) is 0. The molecule has 0 saturated heterocycles. The smallest absolute Gasteiger partial charge is 0.258 e. The fourth-order valence-corrected chi connectivity index (χ4v) is 3.36. The van der Waals surface area contributed by atoms with Crippen LogP contribution in [-0.2, 0) is 0 Å². The van der Waals surface area contributed by atoms with E-state index in [1.165, 1.54) is 11.3 Å². The SMILES string of the molecule is O=C(Nc1nc2ccc(Cl)cc2s1)c1ccccc1Br. The molecule has 0 radical (unpaired) electrons. The predicted octanol–water partition coefficient (Wildman–Crippen LogP) is 4.96. The fraction of sp³-hybridized carbons (Fsp3) is 0. The summed E-state index contributed by atoms with van der Waals surface area (Å²) in [4.78, 5) is 16.5. The number of hydrogen-bond acceptors (Lipinski definition) is 3. The van der Waals surface area contributed by atoms with E-state index in [2.05, 4.69) is 26.2 Å². The predicted molar refractivity (Wildman–Crippen MR) is 86.7 cm³/mol. The van der Waals surface area contributed by atoms with E-state index in [1.54, 1.807) is 12.1 Å². The van der Waals surface area contributed by atoms with Gasteiger partial charge in [-0.15, -0.1) is 0 Å². The quantitative estimate of drug-likeness (QED) is 0.695. The largest absolute Gasteiger partial charge is 0.298 e. The van der Waals surface area contributed by atoms with Crippen molar-refractivity contribution in [2.45, 2.75) is 0 Å². The van der Waals surface area contributed by atoms with E-state index in [9.17, 15) is 4.79 Å². The van der Waals surface area contributed by atoms with Crippen LogP contribution >= 0.6 is 38.9 Å². The Balaban J connectivity index is 1.89. The van der Waals surface area contributed by atoms with Crippen molar-refractivity contribution in [1.29, 1.82) is 0 Å². The normalized spacial score (nSPS) is 10.7. The second kappa shape index (κ2) is 5.52. The van der Waals surface area contributed by atoms with Crippen LogP contribution in [0, 0.1) is 0 Å². The summed E-state index contributed by atoms with van der Waals surface area (Å²) in [6.45, 7) is 0. The van der Waals surface area contributed by atoms with Crippen LogP contribution in [0.5, 0.6) is 0 Å². The number of nitrogens with zero attached hydrogens (tertiary/aromatic N) is 1. The number of aromatic nitrogens is 1. The van der Waals surface area contributed by atoms with E-state index in [4.69, 9.17) is 11.6 Å². The molecule has 100 valence electrons. The first kappa shape index (κ1) is 13.5. The first-order valence-electron chi connectivity index (χ1n) is 5.75. The van der Waals surface area contributed by atoms with Crippen molar-refractivity contribution in [3.05, 3.63) is 57.5 Å². The highest BCUT2D eigenvalue weighted by Gasteiger charge is 2.12. The molecule has 0 bridgehead atoms. The molecule has 0 saturated carbocycles. The highest BCUT2D eigenvalue weighted by atomic mass is 79.9. The van der Waals surface area contributed by atoms with Gasteiger partial charge in [0, 0.05) is 9.50 Å². The molecule has 0 spiro atoms. The molecule has 3 rings (SSSR count). The average Bonchev–Trinajstić information content (AvgIpc) is 2.80. The van der Waals surface area contributed by atoms with Gasteiger partial charge in [0.1, 0.15) is 0 Å². The van der Waals surface area contributed by atoms with Crippen LogP contribution < -0.4 is 5.32 Å². The van der Waals surface area contributed by atoms with Gasteiger partial charge in [0.15, 0.2) is 5.13 Å². The van der Waals surface area contributed by atoms with Crippen molar-refractivity contribution in [3.63, 3.8) is 0 Å². The average molecular weight is 368 g/mol. The third-order valence-corrected chi connectivity index (χ3v) is 4.55. The number of nitrogens with one attached hydrogen (secondary N) is 1. The van der Waals surface area contributed by atoms with Gasteiger partial charge in [0.25, 0.3) is 5.91 Å². The Morgan fingerprint density at radius 2 is 2.05 bits per heavy atom. The van der Waals surface area contributed by atoms with E-state index >= 15 is 0 Å². The molecule has 0 aliphatic rings. The molecule has 0 aliphatic heterocycles. The highest BCUT2D eigenvalue weighted by molar-refractivity contribution is 9.10. The molecular weight excluding hydrogens is 360 g/mol.